The molecule has 1 fully saturated rings. The molecule has 32 heavy (non-hydrogen) atoms. The van der Waals surface area contributed by atoms with Crippen molar-refractivity contribution in [2.24, 2.45) is 0 Å². The Kier molecular flexibility index (Phi) is 6.28. The number of imide groups is 1. The van der Waals surface area contributed by atoms with Crippen molar-refractivity contribution in [1.29, 1.82) is 0 Å². The van der Waals surface area contributed by atoms with Crippen LogP contribution in [0.5, 0.6) is 0 Å². The number of piperidine rings is 1. The molecule has 1 N–H and O–H groups in total. The van der Waals surface area contributed by atoms with Crippen molar-refractivity contribution in [1.82, 2.24) is 10.2 Å². The van der Waals surface area contributed by atoms with Gasteiger partial charge in [-0.1, -0.05) is 31.7 Å². The van der Waals surface area contributed by atoms with Gasteiger partial charge in [0, 0.05) is 22.6 Å². The second-order valence-corrected chi connectivity index (χ2v) is 9.23. The SMILES string of the molecule is C=C1CCC(N2C(=O)c3ccc(CCC(=O)c4ccc(SCC)cc4)cc3C2=O)C(=O)N1. The molecule has 2 aromatic rings. The third-order valence-corrected chi connectivity index (χ3v) is 6.64. The summed E-state index contributed by atoms with van der Waals surface area (Å²) >= 11 is 1.72. The number of fused-ring (bicyclic) bond motifs is 1. The lowest BCUT2D eigenvalue weighted by molar-refractivity contribution is -0.125. The van der Waals surface area contributed by atoms with Crippen LogP contribution in [0.25, 0.3) is 0 Å². The Balaban J connectivity index is 1.45. The first-order valence-electron chi connectivity index (χ1n) is 10.6. The third-order valence-electron chi connectivity index (χ3n) is 5.74. The zero-order valence-electron chi connectivity index (χ0n) is 17.8. The molecule has 0 radical (unpaired) electrons. The number of Topliss-reactive ketones (excluding diaryl/α,β-unsaturated/α-hetero) is 1. The summed E-state index contributed by atoms with van der Waals surface area (Å²) in [6.45, 7) is 5.82. The van der Waals surface area contributed by atoms with Crippen LogP contribution in [0.3, 0.4) is 0 Å². The van der Waals surface area contributed by atoms with Gasteiger partial charge in [0.15, 0.2) is 5.78 Å². The lowest BCUT2D eigenvalue weighted by atomic mass is 9.99. The van der Waals surface area contributed by atoms with Crippen molar-refractivity contribution < 1.29 is 19.2 Å². The number of thioether (sulfide) groups is 1. The Bertz CT molecular complexity index is 1120. The first-order chi connectivity index (χ1) is 15.4. The van der Waals surface area contributed by atoms with Crippen molar-refractivity contribution in [3.63, 3.8) is 0 Å². The summed E-state index contributed by atoms with van der Waals surface area (Å²) in [5, 5.41) is 2.63. The number of amides is 3. The minimum Gasteiger partial charge on any atom is -0.329 e. The molecule has 6 nitrogen and oxygen atoms in total. The van der Waals surface area contributed by atoms with Gasteiger partial charge in [0.05, 0.1) is 11.1 Å². The number of nitrogens with one attached hydrogen (secondary N) is 1. The maximum absolute atomic E-state index is 13.0. The largest absolute Gasteiger partial charge is 0.329 e. The molecule has 0 bridgehead atoms. The fraction of sp³-hybridized carbons (Fsp3) is 0.280. The van der Waals surface area contributed by atoms with E-state index in [2.05, 4.69) is 18.8 Å². The fourth-order valence-electron chi connectivity index (χ4n) is 4.06. The Hall–Kier alpha value is -3.19. The van der Waals surface area contributed by atoms with Crippen LogP contribution in [-0.4, -0.2) is 40.2 Å². The van der Waals surface area contributed by atoms with Crippen LogP contribution in [0.15, 0.2) is 59.6 Å². The van der Waals surface area contributed by atoms with Crippen LogP contribution in [0.1, 0.15) is 62.8 Å². The van der Waals surface area contributed by atoms with E-state index in [0.717, 1.165) is 21.1 Å². The molecule has 2 aliphatic rings. The van der Waals surface area contributed by atoms with Crippen molar-refractivity contribution in [2.75, 3.05) is 5.75 Å². The highest BCUT2D eigenvalue weighted by atomic mass is 32.2. The molecular weight excluding hydrogens is 424 g/mol. The molecule has 1 saturated heterocycles. The number of allylic oxidation sites excluding steroid dienone is 1. The number of nitrogens with zero attached hydrogens (tertiary/aromatic N) is 1. The van der Waals surface area contributed by atoms with Crippen LogP contribution in [0.2, 0.25) is 0 Å². The Morgan fingerprint density at radius 2 is 1.81 bits per heavy atom. The van der Waals surface area contributed by atoms with Gasteiger partial charge >= 0.3 is 0 Å². The minimum absolute atomic E-state index is 0.0293. The van der Waals surface area contributed by atoms with E-state index in [1.165, 1.54) is 0 Å². The van der Waals surface area contributed by atoms with Gasteiger partial charge in [-0.3, -0.25) is 24.1 Å². The standard InChI is InChI=1S/C25H24N2O4S/c1-3-32-18-9-7-17(8-10-18)22(28)13-6-16-5-11-19-20(14-16)25(31)27(24(19)30)21-12-4-15(2)26-23(21)29/h5,7-11,14,21H,2-4,6,12-13H2,1H3,(H,26,29). The quantitative estimate of drug-likeness (QED) is 0.393. The van der Waals surface area contributed by atoms with Gasteiger partial charge < -0.3 is 5.32 Å². The van der Waals surface area contributed by atoms with Gasteiger partial charge in [0.2, 0.25) is 5.91 Å². The van der Waals surface area contributed by atoms with Gasteiger partial charge in [-0.2, -0.15) is 0 Å². The van der Waals surface area contributed by atoms with E-state index in [0.29, 0.717) is 42.5 Å². The molecule has 2 aliphatic heterocycles. The summed E-state index contributed by atoms with van der Waals surface area (Å²) in [6, 6.07) is 11.8. The lowest BCUT2D eigenvalue weighted by Crippen LogP contribution is -2.51. The number of ketones is 1. The van der Waals surface area contributed by atoms with Crippen molar-refractivity contribution in [2.45, 2.75) is 43.5 Å². The molecule has 1 atom stereocenters. The molecule has 0 aliphatic carbocycles. The highest BCUT2D eigenvalue weighted by Crippen LogP contribution is 2.29. The molecule has 7 heteroatoms. The maximum atomic E-state index is 13.0. The van der Waals surface area contributed by atoms with E-state index >= 15 is 0 Å². The lowest BCUT2D eigenvalue weighted by Gasteiger charge is -2.29. The highest BCUT2D eigenvalue weighted by molar-refractivity contribution is 7.99. The zero-order chi connectivity index (χ0) is 22.8. The van der Waals surface area contributed by atoms with Crippen molar-refractivity contribution in [3.05, 3.63) is 77.0 Å². The smallest absolute Gasteiger partial charge is 0.262 e. The highest BCUT2D eigenvalue weighted by Gasteiger charge is 2.43. The number of hydrogen-bond donors (Lipinski definition) is 1. The van der Waals surface area contributed by atoms with Crippen LogP contribution >= 0.6 is 11.8 Å². The van der Waals surface area contributed by atoms with E-state index in [4.69, 9.17) is 0 Å². The second-order valence-electron chi connectivity index (χ2n) is 7.89. The average Bonchev–Trinajstić information content (AvgIpc) is 3.03. The van der Waals surface area contributed by atoms with E-state index in [1.54, 1.807) is 30.0 Å². The van der Waals surface area contributed by atoms with E-state index < -0.39 is 17.9 Å². The first kappa shape index (κ1) is 22.0. The van der Waals surface area contributed by atoms with Gasteiger partial charge in [-0.15, -0.1) is 11.8 Å². The number of hydrogen-bond acceptors (Lipinski definition) is 5. The molecule has 4 rings (SSSR count). The zero-order valence-corrected chi connectivity index (χ0v) is 18.7. The summed E-state index contributed by atoms with van der Waals surface area (Å²) in [6.07, 6.45) is 1.66. The number of aryl methyl sites for hydroxylation is 1. The first-order valence-corrected chi connectivity index (χ1v) is 11.6. The number of rotatable bonds is 7. The average molecular weight is 449 g/mol. The van der Waals surface area contributed by atoms with Gasteiger partial charge in [0.25, 0.3) is 11.8 Å². The molecule has 0 saturated carbocycles. The molecule has 2 aromatic carbocycles. The predicted molar refractivity (Wildman–Crippen MR) is 123 cm³/mol. The van der Waals surface area contributed by atoms with Crippen LogP contribution in [-0.2, 0) is 11.2 Å². The number of benzene rings is 2. The van der Waals surface area contributed by atoms with Gasteiger partial charge in [-0.25, -0.2) is 0 Å². The second kappa shape index (κ2) is 9.12. The molecule has 1 unspecified atom stereocenters. The molecular formula is C25H24N2O4S. The van der Waals surface area contributed by atoms with E-state index in [1.807, 2.05) is 24.3 Å². The molecule has 0 aromatic heterocycles. The van der Waals surface area contributed by atoms with E-state index in [-0.39, 0.29) is 17.3 Å². The number of carbonyl (C=O) groups is 4. The fourth-order valence-corrected chi connectivity index (χ4v) is 4.72. The minimum atomic E-state index is -0.827. The molecule has 3 amide bonds. The number of carbonyl (C=O) groups excluding carboxylic acids is 4. The molecule has 2 heterocycles. The Morgan fingerprint density at radius 1 is 1.09 bits per heavy atom. The van der Waals surface area contributed by atoms with Crippen LogP contribution < -0.4 is 5.32 Å². The van der Waals surface area contributed by atoms with Gasteiger partial charge in [-0.05, 0) is 54.8 Å². The summed E-state index contributed by atoms with van der Waals surface area (Å²) in [5.41, 5.74) is 2.65. The monoisotopic (exact) mass is 448 g/mol. The van der Waals surface area contributed by atoms with Gasteiger partial charge in [0.1, 0.15) is 6.04 Å². The summed E-state index contributed by atoms with van der Waals surface area (Å²) in [4.78, 5) is 52.8. The van der Waals surface area contributed by atoms with Crippen molar-refractivity contribution in [3.8, 4) is 0 Å². The predicted octanol–water partition coefficient (Wildman–Crippen LogP) is 4.00. The van der Waals surface area contributed by atoms with Crippen molar-refractivity contribution >= 4 is 35.3 Å². The molecule has 0 spiro atoms. The topological polar surface area (TPSA) is 83.6 Å². The third kappa shape index (κ3) is 4.25. The maximum Gasteiger partial charge on any atom is 0.262 e. The van der Waals surface area contributed by atoms with Crippen LogP contribution in [0, 0.1) is 0 Å². The summed E-state index contributed by atoms with van der Waals surface area (Å²) < 4.78 is 0. The normalized spacial score (nSPS) is 18.0. The summed E-state index contributed by atoms with van der Waals surface area (Å²) in [7, 11) is 0. The Labute approximate surface area is 191 Å². The van der Waals surface area contributed by atoms with E-state index in [9.17, 15) is 19.2 Å². The van der Waals surface area contributed by atoms with Crippen LogP contribution in [0.4, 0.5) is 0 Å². The summed E-state index contributed by atoms with van der Waals surface area (Å²) in [5.74, 6) is -0.294. The molecule has 164 valence electrons. The Morgan fingerprint density at radius 3 is 2.50 bits per heavy atom.